The van der Waals surface area contributed by atoms with Gasteiger partial charge < -0.3 is 25.8 Å². The van der Waals surface area contributed by atoms with Crippen molar-refractivity contribution in [2.45, 2.75) is 61.8 Å². The number of imidazole rings is 1. The number of benzene rings is 1. The largest absolute Gasteiger partial charge is 0.454 e. The molecule has 3 heterocycles. The maximum absolute atomic E-state index is 12.3. The number of aromatic nitrogens is 4. The Kier molecular flexibility index (Phi) is 6.43. The van der Waals surface area contributed by atoms with Gasteiger partial charge in [0.05, 0.1) is 6.54 Å². The van der Waals surface area contributed by atoms with E-state index >= 15 is 0 Å². The predicted octanol–water partition coefficient (Wildman–Crippen LogP) is 3.35. The second kappa shape index (κ2) is 9.49. The van der Waals surface area contributed by atoms with E-state index in [2.05, 4.69) is 46.1 Å². The van der Waals surface area contributed by atoms with Crippen LogP contribution in [0.15, 0.2) is 33.0 Å². The first-order valence-electron chi connectivity index (χ1n) is 11.2. The Morgan fingerprint density at radius 3 is 2.79 bits per heavy atom. The number of nitrogen functional groups attached to an aromatic ring is 1. The van der Waals surface area contributed by atoms with Gasteiger partial charge in [0, 0.05) is 21.5 Å². The number of nitrogens with zero attached hydrogens (tertiary/aromatic N) is 3. The Morgan fingerprint density at radius 2 is 2.06 bits per heavy atom. The van der Waals surface area contributed by atoms with Gasteiger partial charge in [-0.3, -0.25) is 4.98 Å². The van der Waals surface area contributed by atoms with E-state index in [-0.39, 0.29) is 24.9 Å². The molecule has 1 aliphatic carbocycles. The van der Waals surface area contributed by atoms with Crippen molar-refractivity contribution in [2.75, 3.05) is 12.5 Å². The Bertz CT molecular complexity index is 1230. The van der Waals surface area contributed by atoms with E-state index in [0.717, 1.165) is 39.4 Å². The number of H-pyrrole nitrogens is 1. The molecule has 2 amide bonds. The number of rotatable bonds is 8. The number of aromatic amines is 1. The Balaban J connectivity index is 1.42. The molecule has 2 aromatic heterocycles. The number of hydrogen-bond acceptors (Lipinski definition) is 7. The van der Waals surface area contributed by atoms with Gasteiger partial charge in [-0.15, -0.1) is 0 Å². The number of anilines is 1. The van der Waals surface area contributed by atoms with Gasteiger partial charge >= 0.3 is 11.7 Å². The minimum Gasteiger partial charge on any atom is -0.454 e. The summed E-state index contributed by atoms with van der Waals surface area (Å²) in [6.45, 7) is 4.78. The third-order valence-electron chi connectivity index (χ3n) is 5.81. The van der Waals surface area contributed by atoms with E-state index < -0.39 is 0 Å². The molecule has 180 valence electrons. The van der Waals surface area contributed by atoms with Crippen LogP contribution >= 0.6 is 27.7 Å². The average molecular weight is 549 g/mol. The molecule has 1 atom stereocenters. The van der Waals surface area contributed by atoms with E-state index in [4.69, 9.17) is 15.2 Å². The monoisotopic (exact) mass is 548 g/mol. The topological polar surface area (TPSA) is 131 Å². The maximum atomic E-state index is 12.3. The molecule has 0 saturated heterocycles. The van der Waals surface area contributed by atoms with Crippen molar-refractivity contribution >= 4 is 50.7 Å². The Labute approximate surface area is 209 Å². The molecule has 3 aromatic rings. The highest BCUT2D eigenvalue weighted by Gasteiger charge is 2.33. The van der Waals surface area contributed by atoms with Crippen molar-refractivity contribution in [3.05, 3.63) is 22.9 Å². The van der Waals surface area contributed by atoms with Crippen LogP contribution in [-0.4, -0.2) is 39.9 Å². The van der Waals surface area contributed by atoms with Crippen LogP contribution in [0.4, 0.5) is 10.6 Å². The number of nitrogens with one attached hydrogen (secondary N) is 3. The molecule has 1 aliphatic heterocycles. The van der Waals surface area contributed by atoms with Gasteiger partial charge in [0.1, 0.15) is 0 Å². The quantitative estimate of drug-likeness (QED) is 0.317. The summed E-state index contributed by atoms with van der Waals surface area (Å²) in [6, 6.07) is 3.91. The smallest absolute Gasteiger partial charge is 0.315 e. The lowest BCUT2D eigenvalue weighted by Crippen LogP contribution is -2.47. The fourth-order valence-electron chi connectivity index (χ4n) is 4.02. The highest BCUT2D eigenvalue weighted by atomic mass is 79.9. The molecule has 1 fully saturated rings. The third-order valence-corrected chi connectivity index (χ3v) is 7.81. The number of ether oxygens (including phenoxy) is 2. The number of carbonyl (C=O) groups excluding carboxylic acids is 1. The highest BCUT2D eigenvalue weighted by Crippen LogP contribution is 2.42. The zero-order valence-corrected chi connectivity index (χ0v) is 21.3. The maximum Gasteiger partial charge on any atom is 0.315 e. The van der Waals surface area contributed by atoms with Crippen LogP contribution in [0.2, 0.25) is 0 Å². The number of hydrogen-bond donors (Lipinski definition) is 4. The molecule has 5 rings (SSSR count). The summed E-state index contributed by atoms with van der Waals surface area (Å²) < 4.78 is 14.0. The summed E-state index contributed by atoms with van der Waals surface area (Å²) in [7, 11) is 0. The number of nitrogens with two attached hydrogens (primary N) is 1. The third kappa shape index (κ3) is 4.88. The van der Waals surface area contributed by atoms with Gasteiger partial charge in [-0.2, -0.15) is 4.98 Å². The van der Waals surface area contributed by atoms with Crippen molar-refractivity contribution in [2.24, 2.45) is 5.92 Å². The van der Waals surface area contributed by atoms with Crippen LogP contribution in [-0.2, 0) is 6.54 Å². The molecule has 1 saturated carbocycles. The highest BCUT2D eigenvalue weighted by molar-refractivity contribution is 9.10. The van der Waals surface area contributed by atoms with Crippen molar-refractivity contribution in [1.29, 1.82) is 0 Å². The zero-order chi connectivity index (χ0) is 23.8. The normalized spacial score (nSPS) is 15.6. The molecule has 2 aliphatic rings. The first-order valence-corrected chi connectivity index (χ1v) is 12.9. The molecular weight excluding hydrogens is 522 g/mol. The van der Waals surface area contributed by atoms with Crippen LogP contribution < -0.4 is 30.4 Å². The van der Waals surface area contributed by atoms with Crippen molar-refractivity contribution in [3.63, 3.8) is 0 Å². The molecule has 0 radical (unpaired) electrons. The van der Waals surface area contributed by atoms with Crippen molar-refractivity contribution in [3.8, 4) is 11.5 Å². The second-order valence-electron chi connectivity index (χ2n) is 8.78. The van der Waals surface area contributed by atoms with E-state index in [1.165, 1.54) is 6.33 Å². The minimum atomic E-state index is -0.124. The summed E-state index contributed by atoms with van der Waals surface area (Å²) in [4.78, 5) is 25.3. The van der Waals surface area contributed by atoms with Crippen LogP contribution in [0, 0.1) is 5.92 Å². The first kappa shape index (κ1) is 23.0. The summed E-state index contributed by atoms with van der Waals surface area (Å²) in [5.41, 5.74) is 7.57. The average Bonchev–Trinajstić information content (AvgIpc) is 3.43. The first-order chi connectivity index (χ1) is 16.4. The standard InChI is InChI=1S/C22H26BrN7O3S/c1-11(2)27-21(31)28-14(12-3-4-12)5-6-30-20-18(19(24)25-9-26-20)29-22(30)34-17-8-16-15(7-13(17)23)32-10-33-16/h7-9,11-12,14H,3-6,10H2,1-2H3,(H4,24,25,26,27,28,31)/p+1. The van der Waals surface area contributed by atoms with E-state index in [9.17, 15) is 4.79 Å². The molecule has 1 unspecified atom stereocenters. The fourth-order valence-corrected chi connectivity index (χ4v) is 5.56. The van der Waals surface area contributed by atoms with E-state index in [1.807, 2.05) is 26.0 Å². The number of amides is 2. The number of carbonyl (C=O) groups is 1. The molecule has 0 bridgehead atoms. The lowest BCUT2D eigenvalue weighted by atomic mass is 10.1. The van der Waals surface area contributed by atoms with Crippen LogP contribution in [0.5, 0.6) is 11.5 Å². The molecule has 5 N–H and O–H groups in total. The van der Waals surface area contributed by atoms with E-state index in [1.54, 1.807) is 11.8 Å². The predicted molar refractivity (Wildman–Crippen MR) is 131 cm³/mol. The minimum absolute atomic E-state index is 0.0884. The number of urea groups is 1. The van der Waals surface area contributed by atoms with Crippen LogP contribution in [0.3, 0.4) is 0 Å². The number of aryl methyl sites for hydroxylation is 1. The Hall–Kier alpha value is -2.73. The van der Waals surface area contributed by atoms with E-state index in [0.29, 0.717) is 35.3 Å². The van der Waals surface area contributed by atoms with Crippen LogP contribution in [0.25, 0.3) is 11.2 Å². The summed E-state index contributed by atoms with van der Waals surface area (Å²) >= 11 is 5.18. The fraction of sp³-hybridized carbons (Fsp3) is 0.455. The van der Waals surface area contributed by atoms with Gasteiger partial charge in [0.15, 0.2) is 23.6 Å². The summed E-state index contributed by atoms with van der Waals surface area (Å²) in [5, 5.41) is 6.95. The lowest BCUT2D eigenvalue weighted by molar-refractivity contribution is -0.710. The van der Waals surface area contributed by atoms with Gasteiger partial charge in [-0.1, -0.05) is 4.98 Å². The van der Waals surface area contributed by atoms with Crippen molar-refractivity contribution in [1.82, 2.24) is 25.6 Å². The Morgan fingerprint density at radius 1 is 1.29 bits per heavy atom. The lowest BCUT2D eigenvalue weighted by Gasteiger charge is -2.19. The summed E-state index contributed by atoms with van der Waals surface area (Å²) in [6.07, 6.45) is 4.51. The zero-order valence-electron chi connectivity index (χ0n) is 18.9. The number of halogens is 1. The van der Waals surface area contributed by atoms with Gasteiger partial charge in [0.2, 0.25) is 12.3 Å². The summed E-state index contributed by atoms with van der Waals surface area (Å²) in [5.74, 6) is 2.32. The number of fused-ring (bicyclic) bond motifs is 2. The molecule has 0 spiro atoms. The molecule has 34 heavy (non-hydrogen) atoms. The molecule has 1 aromatic carbocycles. The molecule has 10 nitrogen and oxygen atoms in total. The molecular formula is C22H27BrN7O3S+. The van der Waals surface area contributed by atoms with Gasteiger partial charge in [0.25, 0.3) is 5.16 Å². The van der Waals surface area contributed by atoms with Crippen LogP contribution in [0.1, 0.15) is 33.1 Å². The SMILES string of the molecule is CC(C)NC(=O)NC(CC[n+]1c(Sc2cc3c(cc2Br)OCO3)[nH]c2c(N)ncnc21)C1CC1. The van der Waals surface area contributed by atoms with Gasteiger partial charge in [-0.25, -0.2) is 9.36 Å². The molecule has 12 heteroatoms. The van der Waals surface area contributed by atoms with Gasteiger partial charge in [-0.05, 0) is 78.9 Å². The van der Waals surface area contributed by atoms with Crippen molar-refractivity contribution < 1.29 is 18.8 Å². The second-order valence-corrected chi connectivity index (χ2v) is 10.7.